The molecule has 0 heterocycles. The molecule has 0 bridgehead atoms. The Morgan fingerprint density at radius 3 is 2.30 bits per heavy atom. The average molecular weight is 161 g/mol. The number of esters is 1. The zero-order valence-corrected chi connectivity index (χ0v) is 7.46. The van der Waals surface area contributed by atoms with Crippen molar-refractivity contribution in [2.24, 2.45) is 0 Å². The summed E-state index contributed by atoms with van der Waals surface area (Å²) in [6.45, 7) is 5.52. The SMILES string of the molecule is CC(C)(C)OC(=O)CC[S]. The lowest BCUT2D eigenvalue weighted by molar-refractivity contribution is -0.154. The van der Waals surface area contributed by atoms with Gasteiger partial charge in [-0.3, -0.25) is 4.79 Å². The van der Waals surface area contributed by atoms with Crippen LogP contribution in [0.3, 0.4) is 0 Å². The third-order valence-electron chi connectivity index (χ3n) is 0.726. The highest BCUT2D eigenvalue weighted by molar-refractivity contribution is 7.80. The van der Waals surface area contributed by atoms with Gasteiger partial charge in [-0.1, -0.05) is 12.6 Å². The number of hydrogen-bond donors (Lipinski definition) is 0. The smallest absolute Gasteiger partial charge is 0.307 e. The molecular formula is C7H13O2S. The van der Waals surface area contributed by atoms with E-state index < -0.39 is 0 Å². The summed E-state index contributed by atoms with van der Waals surface area (Å²) in [4.78, 5) is 10.8. The molecule has 0 aromatic carbocycles. The average Bonchev–Trinajstić information content (AvgIpc) is 1.59. The first-order chi connectivity index (χ1) is 4.45. The van der Waals surface area contributed by atoms with Gasteiger partial charge in [0.15, 0.2) is 0 Å². The highest BCUT2D eigenvalue weighted by Crippen LogP contribution is 2.07. The van der Waals surface area contributed by atoms with Gasteiger partial charge in [-0.2, -0.15) is 0 Å². The lowest BCUT2D eigenvalue weighted by Gasteiger charge is -2.18. The van der Waals surface area contributed by atoms with Gasteiger partial charge in [-0.15, -0.1) is 0 Å². The molecule has 0 fully saturated rings. The summed E-state index contributed by atoms with van der Waals surface area (Å²) in [6, 6.07) is 0. The minimum Gasteiger partial charge on any atom is -0.460 e. The van der Waals surface area contributed by atoms with E-state index >= 15 is 0 Å². The number of carbonyl (C=O) groups excluding carboxylic acids is 1. The Morgan fingerprint density at radius 2 is 2.00 bits per heavy atom. The summed E-state index contributed by atoms with van der Waals surface area (Å²) in [5.74, 6) is 0.233. The Hall–Kier alpha value is -0.180. The Balaban J connectivity index is 3.58. The Bertz CT molecular complexity index is 115. The molecule has 0 saturated heterocycles. The number of hydrogen-bond acceptors (Lipinski definition) is 2. The van der Waals surface area contributed by atoms with Crippen molar-refractivity contribution in [3.05, 3.63) is 0 Å². The molecule has 0 N–H and O–H groups in total. The van der Waals surface area contributed by atoms with Crippen molar-refractivity contribution < 1.29 is 9.53 Å². The Labute approximate surface area is 67.4 Å². The van der Waals surface area contributed by atoms with Crippen LogP contribution >= 0.6 is 12.6 Å². The molecule has 0 unspecified atom stereocenters. The fourth-order valence-electron chi connectivity index (χ4n) is 0.476. The van der Waals surface area contributed by atoms with E-state index in [1.54, 1.807) is 0 Å². The van der Waals surface area contributed by atoms with Gasteiger partial charge in [0, 0.05) is 5.75 Å². The fourth-order valence-corrected chi connectivity index (χ4v) is 0.643. The summed E-state index contributed by atoms with van der Waals surface area (Å²) in [5, 5.41) is 0. The predicted octanol–water partition coefficient (Wildman–Crippen LogP) is 1.92. The summed E-state index contributed by atoms with van der Waals surface area (Å²) < 4.78 is 4.97. The fraction of sp³-hybridized carbons (Fsp3) is 0.857. The number of carbonyl (C=O) groups is 1. The largest absolute Gasteiger partial charge is 0.460 e. The first kappa shape index (κ1) is 9.82. The lowest BCUT2D eigenvalue weighted by atomic mass is 10.2. The van der Waals surface area contributed by atoms with Crippen molar-refractivity contribution in [1.29, 1.82) is 0 Å². The molecule has 1 radical (unpaired) electrons. The highest BCUT2D eigenvalue weighted by Gasteiger charge is 2.14. The standard InChI is InChI=1S/C7H13O2S/c1-7(2,3)9-6(8)4-5-10/h4-5H2,1-3H3. The maximum Gasteiger partial charge on any atom is 0.307 e. The van der Waals surface area contributed by atoms with E-state index in [2.05, 4.69) is 12.6 Å². The molecule has 0 saturated carbocycles. The van der Waals surface area contributed by atoms with Crippen molar-refractivity contribution in [1.82, 2.24) is 0 Å². The van der Waals surface area contributed by atoms with Crippen molar-refractivity contribution in [2.75, 3.05) is 5.75 Å². The molecule has 3 heteroatoms. The second-order valence-corrected chi connectivity index (χ2v) is 3.45. The van der Waals surface area contributed by atoms with Gasteiger partial charge in [0.05, 0.1) is 6.42 Å². The summed E-state index contributed by atoms with van der Waals surface area (Å²) >= 11 is 4.62. The van der Waals surface area contributed by atoms with E-state index in [-0.39, 0.29) is 11.6 Å². The molecule has 10 heavy (non-hydrogen) atoms. The molecule has 59 valence electrons. The van der Waals surface area contributed by atoms with Crippen LogP contribution in [0.2, 0.25) is 0 Å². The minimum atomic E-state index is -0.373. The van der Waals surface area contributed by atoms with Gasteiger partial charge in [0.25, 0.3) is 0 Å². The van der Waals surface area contributed by atoms with E-state index in [0.29, 0.717) is 12.2 Å². The van der Waals surface area contributed by atoms with Gasteiger partial charge in [-0.25, -0.2) is 0 Å². The minimum absolute atomic E-state index is 0.206. The summed E-state index contributed by atoms with van der Waals surface area (Å²) in [5.41, 5.74) is -0.373. The van der Waals surface area contributed by atoms with Crippen LogP contribution < -0.4 is 0 Å². The van der Waals surface area contributed by atoms with E-state index in [0.717, 1.165) is 0 Å². The lowest BCUT2D eigenvalue weighted by Crippen LogP contribution is -2.23. The van der Waals surface area contributed by atoms with Crippen LogP contribution in [0.15, 0.2) is 0 Å². The van der Waals surface area contributed by atoms with E-state index in [9.17, 15) is 4.79 Å². The topological polar surface area (TPSA) is 26.3 Å². The van der Waals surface area contributed by atoms with Gasteiger partial charge >= 0.3 is 5.97 Å². The van der Waals surface area contributed by atoms with E-state index in [4.69, 9.17) is 4.74 Å². The van der Waals surface area contributed by atoms with Crippen LogP contribution in [0.5, 0.6) is 0 Å². The van der Waals surface area contributed by atoms with Crippen molar-refractivity contribution >= 4 is 18.6 Å². The van der Waals surface area contributed by atoms with Crippen LogP contribution in [0.1, 0.15) is 27.2 Å². The quantitative estimate of drug-likeness (QED) is 0.578. The zero-order chi connectivity index (χ0) is 8.20. The van der Waals surface area contributed by atoms with Gasteiger partial charge in [0.2, 0.25) is 0 Å². The first-order valence-corrected chi connectivity index (χ1v) is 3.83. The summed E-state index contributed by atoms with van der Waals surface area (Å²) in [7, 11) is 0. The molecule has 0 aromatic heterocycles. The Morgan fingerprint density at radius 1 is 1.50 bits per heavy atom. The molecule has 0 aromatic rings. The van der Waals surface area contributed by atoms with E-state index in [1.165, 1.54) is 0 Å². The van der Waals surface area contributed by atoms with Crippen LogP contribution in [-0.2, 0) is 9.53 Å². The molecule has 0 aliphatic rings. The van der Waals surface area contributed by atoms with Crippen LogP contribution in [-0.4, -0.2) is 17.3 Å². The third kappa shape index (κ3) is 5.95. The van der Waals surface area contributed by atoms with Crippen molar-refractivity contribution in [3.63, 3.8) is 0 Å². The molecule has 0 rings (SSSR count). The number of ether oxygens (including phenoxy) is 1. The van der Waals surface area contributed by atoms with Crippen LogP contribution in [0, 0.1) is 0 Å². The predicted molar refractivity (Wildman–Crippen MR) is 42.9 cm³/mol. The van der Waals surface area contributed by atoms with E-state index in [1.807, 2.05) is 20.8 Å². The molecule has 2 nitrogen and oxygen atoms in total. The maximum absolute atomic E-state index is 10.8. The van der Waals surface area contributed by atoms with Crippen LogP contribution in [0.4, 0.5) is 0 Å². The molecule has 0 aliphatic carbocycles. The zero-order valence-electron chi connectivity index (χ0n) is 6.64. The van der Waals surface area contributed by atoms with Gasteiger partial charge in [-0.05, 0) is 20.8 Å². The molecular weight excluding hydrogens is 148 g/mol. The summed E-state index contributed by atoms with van der Waals surface area (Å²) in [6.07, 6.45) is 0.340. The molecule has 0 spiro atoms. The monoisotopic (exact) mass is 161 g/mol. The van der Waals surface area contributed by atoms with Gasteiger partial charge < -0.3 is 4.74 Å². The Kier molecular flexibility index (Phi) is 3.79. The molecule has 0 aliphatic heterocycles. The number of rotatable bonds is 2. The van der Waals surface area contributed by atoms with Crippen molar-refractivity contribution in [2.45, 2.75) is 32.8 Å². The maximum atomic E-state index is 10.8. The van der Waals surface area contributed by atoms with Crippen molar-refractivity contribution in [3.8, 4) is 0 Å². The normalized spacial score (nSPS) is 11.2. The molecule has 0 amide bonds. The van der Waals surface area contributed by atoms with Gasteiger partial charge in [0.1, 0.15) is 5.60 Å². The van der Waals surface area contributed by atoms with Crippen LogP contribution in [0.25, 0.3) is 0 Å². The highest BCUT2D eigenvalue weighted by atomic mass is 32.1. The second-order valence-electron chi connectivity index (χ2n) is 3.04. The molecule has 0 atom stereocenters. The third-order valence-corrected chi connectivity index (χ3v) is 0.930. The second kappa shape index (κ2) is 3.86. The first-order valence-electron chi connectivity index (χ1n) is 3.25.